The molecule has 0 bridgehead atoms. The van der Waals surface area contributed by atoms with Gasteiger partial charge in [0, 0.05) is 40.5 Å². The van der Waals surface area contributed by atoms with Crippen molar-refractivity contribution in [1.29, 1.82) is 0 Å². The third-order valence-corrected chi connectivity index (χ3v) is 6.95. The fourth-order valence-electron chi connectivity index (χ4n) is 3.86. The third-order valence-electron chi connectivity index (χ3n) is 5.43. The fourth-order valence-corrected chi connectivity index (χ4v) is 5.24. The van der Waals surface area contributed by atoms with Crippen LogP contribution in [0.3, 0.4) is 0 Å². The minimum absolute atomic E-state index is 0.185. The number of hydrogen-bond acceptors (Lipinski definition) is 5. The number of benzene rings is 1. The third kappa shape index (κ3) is 3.69. The van der Waals surface area contributed by atoms with E-state index in [1.165, 1.54) is 0 Å². The summed E-state index contributed by atoms with van der Waals surface area (Å²) in [7, 11) is 0. The molecule has 3 aromatic rings. The van der Waals surface area contributed by atoms with Crippen molar-refractivity contribution in [3.05, 3.63) is 69.6 Å². The van der Waals surface area contributed by atoms with Crippen LogP contribution in [0.2, 0.25) is 5.02 Å². The van der Waals surface area contributed by atoms with Gasteiger partial charge >= 0.3 is 0 Å². The molecule has 0 unspecified atom stereocenters. The Bertz CT molecular complexity index is 1110. The van der Waals surface area contributed by atoms with Crippen LogP contribution in [-0.2, 0) is 22.5 Å². The van der Waals surface area contributed by atoms with Gasteiger partial charge in [-0.25, -0.2) is 4.98 Å². The molecular weight excluding hydrogens is 420 g/mol. The van der Waals surface area contributed by atoms with Gasteiger partial charge in [0.15, 0.2) is 0 Å². The van der Waals surface area contributed by atoms with E-state index in [1.54, 1.807) is 11.3 Å². The Morgan fingerprint density at radius 1 is 1.20 bits per heavy atom. The van der Waals surface area contributed by atoms with Gasteiger partial charge in [0.2, 0.25) is 5.91 Å². The first-order chi connectivity index (χ1) is 14.7. The standard InChI is InChI=1S/C22H21ClN4O2S/c23-19-4-2-1-3-17(19)21-18-11-16(5-6-20(28)26-7-9-29-10-8-26)30-22(18)27-14-24-12-15(27)13-25-21/h1-4,11-12,14H,5-10,13H2. The summed E-state index contributed by atoms with van der Waals surface area (Å²) in [4.78, 5) is 24.8. The SMILES string of the molecule is O=C(CCc1cc2c(s1)-n1cncc1CN=C2c1ccccc1Cl)N1CCOCC1. The van der Waals surface area contributed by atoms with Crippen molar-refractivity contribution in [3.8, 4) is 5.00 Å². The van der Waals surface area contributed by atoms with Crippen molar-refractivity contribution in [2.75, 3.05) is 26.3 Å². The Balaban J connectivity index is 1.46. The van der Waals surface area contributed by atoms with Gasteiger partial charge in [-0.3, -0.25) is 14.4 Å². The Morgan fingerprint density at radius 2 is 2.03 bits per heavy atom. The van der Waals surface area contributed by atoms with E-state index in [-0.39, 0.29) is 5.91 Å². The molecule has 0 N–H and O–H groups in total. The highest BCUT2D eigenvalue weighted by Gasteiger charge is 2.24. The van der Waals surface area contributed by atoms with E-state index in [0.717, 1.165) is 32.4 Å². The molecule has 5 rings (SSSR count). The van der Waals surface area contributed by atoms with Crippen LogP contribution in [0.15, 0.2) is 47.8 Å². The van der Waals surface area contributed by atoms with Gasteiger partial charge in [-0.15, -0.1) is 11.3 Å². The summed E-state index contributed by atoms with van der Waals surface area (Å²) in [6.07, 6.45) is 4.88. The van der Waals surface area contributed by atoms with Gasteiger partial charge in [0.25, 0.3) is 0 Å². The summed E-state index contributed by atoms with van der Waals surface area (Å²) < 4.78 is 7.44. The monoisotopic (exact) mass is 440 g/mol. The van der Waals surface area contributed by atoms with Gasteiger partial charge in [0.05, 0.1) is 37.4 Å². The number of hydrogen-bond donors (Lipinski definition) is 0. The van der Waals surface area contributed by atoms with Crippen LogP contribution in [0.1, 0.15) is 28.1 Å². The molecule has 0 radical (unpaired) electrons. The van der Waals surface area contributed by atoms with Crippen LogP contribution >= 0.6 is 22.9 Å². The molecule has 2 aliphatic heterocycles. The second kappa shape index (κ2) is 8.34. The molecule has 6 nitrogen and oxygen atoms in total. The second-order valence-corrected chi connectivity index (χ2v) is 8.85. The Hall–Kier alpha value is -2.48. The van der Waals surface area contributed by atoms with E-state index in [2.05, 4.69) is 15.6 Å². The molecule has 1 amide bonds. The maximum Gasteiger partial charge on any atom is 0.223 e. The number of thiophene rings is 1. The van der Waals surface area contributed by atoms with E-state index in [4.69, 9.17) is 21.3 Å². The summed E-state index contributed by atoms with van der Waals surface area (Å²) in [6.45, 7) is 3.16. The number of carbonyl (C=O) groups excluding carboxylic acids is 1. The average molecular weight is 441 g/mol. The highest BCUT2D eigenvalue weighted by molar-refractivity contribution is 7.15. The molecule has 1 saturated heterocycles. The molecule has 1 fully saturated rings. The van der Waals surface area contributed by atoms with Crippen LogP contribution in [0.4, 0.5) is 0 Å². The Kier molecular flexibility index (Phi) is 5.41. The Labute approximate surface area is 183 Å². The van der Waals surface area contributed by atoms with Crippen molar-refractivity contribution in [2.24, 2.45) is 4.99 Å². The number of aryl methyl sites for hydroxylation is 1. The highest BCUT2D eigenvalue weighted by Crippen LogP contribution is 2.34. The largest absolute Gasteiger partial charge is 0.378 e. The lowest BCUT2D eigenvalue weighted by Gasteiger charge is -2.26. The maximum absolute atomic E-state index is 12.6. The van der Waals surface area contributed by atoms with Gasteiger partial charge < -0.3 is 9.64 Å². The molecule has 0 atom stereocenters. The zero-order chi connectivity index (χ0) is 20.5. The number of aliphatic imine (C=N–C) groups is 1. The summed E-state index contributed by atoms with van der Waals surface area (Å²) in [5.74, 6) is 0.185. The molecule has 0 saturated carbocycles. The number of fused-ring (bicyclic) bond motifs is 3. The normalized spacial score (nSPS) is 15.9. The first-order valence-electron chi connectivity index (χ1n) is 10.0. The Morgan fingerprint density at radius 3 is 2.87 bits per heavy atom. The van der Waals surface area contributed by atoms with Gasteiger partial charge in [-0.2, -0.15) is 0 Å². The lowest BCUT2D eigenvalue weighted by atomic mass is 10.0. The van der Waals surface area contributed by atoms with E-state index in [1.807, 2.05) is 41.7 Å². The zero-order valence-electron chi connectivity index (χ0n) is 16.4. The van der Waals surface area contributed by atoms with Crippen molar-refractivity contribution >= 4 is 34.6 Å². The number of aromatic nitrogens is 2. The van der Waals surface area contributed by atoms with Crippen molar-refractivity contribution in [3.63, 3.8) is 0 Å². The van der Waals surface area contributed by atoms with Gasteiger partial charge in [-0.1, -0.05) is 29.8 Å². The number of ether oxygens (including phenoxy) is 1. The minimum atomic E-state index is 0.185. The number of amides is 1. The quantitative estimate of drug-likeness (QED) is 0.621. The molecule has 2 aliphatic rings. The topological polar surface area (TPSA) is 59.7 Å². The minimum Gasteiger partial charge on any atom is -0.378 e. The van der Waals surface area contributed by atoms with Crippen molar-refractivity contribution in [2.45, 2.75) is 19.4 Å². The van der Waals surface area contributed by atoms with E-state index >= 15 is 0 Å². The van der Waals surface area contributed by atoms with Crippen molar-refractivity contribution < 1.29 is 9.53 Å². The number of rotatable bonds is 4. The first-order valence-corrected chi connectivity index (χ1v) is 11.2. The fraction of sp³-hybridized carbons (Fsp3) is 0.318. The molecule has 1 aromatic carbocycles. The number of imidazole rings is 1. The second-order valence-electron chi connectivity index (χ2n) is 7.32. The average Bonchev–Trinajstić information content (AvgIpc) is 3.38. The van der Waals surface area contributed by atoms with Gasteiger partial charge in [0.1, 0.15) is 11.3 Å². The molecule has 30 heavy (non-hydrogen) atoms. The molecule has 0 spiro atoms. The first kappa shape index (κ1) is 19.5. The van der Waals surface area contributed by atoms with E-state index < -0.39 is 0 Å². The van der Waals surface area contributed by atoms with Crippen molar-refractivity contribution in [1.82, 2.24) is 14.5 Å². The lowest BCUT2D eigenvalue weighted by Crippen LogP contribution is -2.40. The predicted molar refractivity (Wildman–Crippen MR) is 118 cm³/mol. The summed E-state index contributed by atoms with van der Waals surface area (Å²) >= 11 is 8.19. The number of halogens is 1. The number of carbonyl (C=O) groups is 1. The molecule has 0 aliphatic carbocycles. The van der Waals surface area contributed by atoms with Gasteiger partial charge in [-0.05, 0) is 18.6 Å². The van der Waals surface area contributed by atoms with Crippen LogP contribution in [0.5, 0.6) is 0 Å². The molecular formula is C22H21ClN4O2S. The molecule has 154 valence electrons. The lowest BCUT2D eigenvalue weighted by molar-refractivity contribution is -0.135. The number of nitrogens with zero attached hydrogens (tertiary/aromatic N) is 4. The summed E-state index contributed by atoms with van der Waals surface area (Å²) in [5.41, 5.74) is 3.89. The maximum atomic E-state index is 12.6. The zero-order valence-corrected chi connectivity index (χ0v) is 18.0. The van der Waals surface area contributed by atoms with Crippen LogP contribution < -0.4 is 0 Å². The number of morpholine rings is 1. The highest BCUT2D eigenvalue weighted by atomic mass is 35.5. The van der Waals surface area contributed by atoms with E-state index in [9.17, 15) is 4.79 Å². The summed E-state index contributed by atoms with van der Waals surface area (Å²) in [5, 5.41) is 1.76. The molecule has 2 aromatic heterocycles. The molecule has 4 heterocycles. The van der Waals surface area contributed by atoms with Crippen LogP contribution in [0, 0.1) is 0 Å². The van der Waals surface area contributed by atoms with Crippen LogP contribution in [0.25, 0.3) is 5.00 Å². The smallest absolute Gasteiger partial charge is 0.223 e. The van der Waals surface area contributed by atoms with E-state index in [0.29, 0.717) is 50.7 Å². The summed E-state index contributed by atoms with van der Waals surface area (Å²) in [6, 6.07) is 9.95. The van der Waals surface area contributed by atoms with Crippen LogP contribution in [-0.4, -0.2) is 52.4 Å². The predicted octanol–water partition coefficient (Wildman–Crippen LogP) is 3.73. The molecule has 8 heteroatoms.